The van der Waals surface area contributed by atoms with Gasteiger partial charge in [-0.05, 0) is 78.1 Å². The summed E-state index contributed by atoms with van der Waals surface area (Å²) in [6.07, 6.45) is 9.72. The summed E-state index contributed by atoms with van der Waals surface area (Å²) >= 11 is 0. The molecule has 8 nitrogen and oxygen atoms in total. The van der Waals surface area contributed by atoms with Gasteiger partial charge in [0.2, 0.25) is 5.69 Å². The smallest absolute Gasteiger partial charge is 0.397 e. The molecule has 0 radical (unpaired) electrons. The lowest BCUT2D eigenvalue weighted by Crippen LogP contribution is -2.77. The van der Waals surface area contributed by atoms with Gasteiger partial charge in [0, 0.05) is 54.1 Å². The van der Waals surface area contributed by atoms with Gasteiger partial charge in [-0.3, -0.25) is 4.98 Å². The van der Waals surface area contributed by atoms with Crippen LogP contribution >= 0.6 is 0 Å². The lowest BCUT2D eigenvalue weighted by Gasteiger charge is -2.33. The zero-order chi connectivity index (χ0) is 33.7. The zero-order valence-electron chi connectivity index (χ0n) is 28.4. The number of hydrogen-bond acceptors (Lipinski definition) is 4. The van der Waals surface area contributed by atoms with E-state index in [1.807, 2.05) is 24.5 Å². The molecular weight excluding hydrogens is 619 g/mol. The molecule has 1 atom stereocenters. The highest BCUT2D eigenvalue weighted by molar-refractivity contribution is 6.11. The van der Waals surface area contributed by atoms with E-state index in [0.29, 0.717) is 5.82 Å². The Hall–Kier alpha value is -6.15. The van der Waals surface area contributed by atoms with Gasteiger partial charge in [0.1, 0.15) is 33.8 Å². The number of rotatable bonds is 2. The highest BCUT2D eigenvalue weighted by Gasteiger charge is 2.70. The Bertz CT molecular complexity index is 2790. The summed E-state index contributed by atoms with van der Waals surface area (Å²) < 4.78 is 16.7. The number of pyridine rings is 2. The molecule has 8 heterocycles. The van der Waals surface area contributed by atoms with Crippen molar-refractivity contribution in [1.82, 2.24) is 24.2 Å². The average molecular weight is 652 g/mol. The standard InChI is InChI=1S/C42H33N7O/c1-24-36(40-44-22-27(23-45-40)26-15-18-43-19-16-26)25(2)49-42-37-32(48(24)49)11-8-12-33(37)50-34-14-13-30-29-9-6-7-10-31(29)47(39(30)38(34)42)35-21-28(41(3,4)5)17-20-46(35)42/h6-23H,1-5H3/q+2. The molecule has 0 aliphatic carbocycles. The summed E-state index contributed by atoms with van der Waals surface area (Å²) in [5, 5.41) is 2.44. The molecule has 5 aromatic heterocycles. The predicted octanol–water partition coefficient (Wildman–Crippen LogP) is 7.61. The fraction of sp³-hybridized carbons (Fsp3) is 0.167. The second-order valence-corrected chi connectivity index (χ2v) is 14.7. The van der Waals surface area contributed by atoms with Crippen LogP contribution in [0.1, 0.15) is 48.8 Å². The SMILES string of the molecule is Cc1c(-c2ncc(-c3ccncc3)cn2)c(C)[n+]2n1-c1cccc3c1C21c2c(ccc4c5ccccc5n(c24)-c2cc(C(C)(C)C)cc[n+]21)O3. The van der Waals surface area contributed by atoms with Crippen molar-refractivity contribution in [2.75, 3.05) is 0 Å². The summed E-state index contributed by atoms with van der Waals surface area (Å²) in [5.74, 6) is 3.55. The molecule has 0 bridgehead atoms. The van der Waals surface area contributed by atoms with Crippen LogP contribution in [0.2, 0.25) is 0 Å². The van der Waals surface area contributed by atoms with Gasteiger partial charge < -0.3 is 4.74 Å². The third-order valence-electron chi connectivity index (χ3n) is 11.1. The lowest BCUT2D eigenvalue weighted by molar-refractivity contribution is -0.995. The van der Waals surface area contributed by atoms with Gasteiger partial charge in [0.15, 0.2) is 16.9 Å². The fourth-order valence-electron chi connectivity index (χ4n) is 8.95. The van der Waals surface area contributed by atoms with Gasteiger partial charge in [0.05, 0.1) is 11.9 Å². The van der Waals surface area contributed by atoms with Crippen LogP contribution in [0, 0.1) is 13.8 Å². The highest BCUT2D eigenvalue weighted by Crippen LogP contribution is 2.56. The summed E-state index contributed by atoms with van der Waals surface area (Å²) in [6.45, 7) is 11.2. The molecule has 240 valence electrons. The Morgan fingerprint density at radius 1 is 0.780 bits per heavy atom. The van der Waals surface area contributed by atoms with Crippen molar-refractivity contribution in [3.63, 3.8) is 0 Å². The Morgan fingerprint density at radius 3 is 2.36 bits per heavy atom. The molecule has 1 unspecified atom stereocenters. The molecule has 8 heteroatoms. The first-order chi connectivity index (χ1) is 24.3. The molecule has 0 saturated heterocycles. The van der Waals surface area contributed by atoms with Crippen molar-refractivity contribution >= 4 is 21.8 Å². The molecule has 11 rings (SSSR count). The maximum Gasteiger partial charge on any atom is 0.397 e. The molecular formula is C42H33N7O+2. The van der Waals surface area contributed by atoms with Gasteiger partial charge in [-0.2, -0.15) is 9.13 Å². The number of benzene rings is 3. The minimum Gasteiger partial charge on any atom is -0.456 e. The van der Waals surface area contributed by atoms with Crippen LogP contribution in [-0.2, 0) is 11.1 Å². The number of para-hydroxylation sites is 1. The van der Waals surface area contributed by atoms with Gasteiger partial charge in [0.25, 0.3) is 5.82 Å². The first-order valence-corrected chi connectivity index (χ1v) is 17.1. The zero-order valence-corrected chi connectivity index (χ0v) is 28.4. The Balaban J connectivity index is 1.29. The molecule has 1 spiro atoms. The second kappa shape index (κ2) is 9.09. The van der Waals surface area contributed by atoms with E-state index in [2.05, 4.69) is 131 Å². The molecule has 3 aromatic carbocycles. The van der Waals surface area contributed by atoms with E-state index in [9.17, 15) is 0 Å². The summed E-state index contributed by atoms with van der Waals surface area (Å²) in [4.78, 5) is 14.1. The number of nitrogens with zero attached hydrogens (tertiary/aromatic N) is 7. The van der Waals surface area contributed by atoms with Crippen molar-refractivity contribution in [2.45, 2.75) is 45.7 Å². The minimum absolute atomic E-state index is 0.0430. The van der Waals surface area contributed by atoms with Crippen LogP contribution in [0.5, 0.6) is 11.5 Å². The normalized spacial score (nSPS) is 16.3. The van der Waals surface area contributed by atoms with Crippen LogP contribution < -0.4 is 14.0 Å². The van der Waals surface area contributed by atoms with Crippen LogP contribution in [0.15, 0.2) is 110 Å². The van der Waals surface area contributed by atoms with Gasteiger partial charge in [-0.1, -0.05) is 43.7 Å². The van der Waals surface area contributed by atoms with Gasteiger partial charge in [-0.15, -0.1) is 4.68 Å². The number of fused-ring (bicyclic) bond motifs is 7. The lowest BCUT2D eigenvalue weighted by atomic mass is 9.83. The molecule has 0 N–H and O–H groups in total. The predicted molar refractivity (Wildman–Crippen MR) is 191 cm³/mol. The number of hydrogen-bond donors (Lipinski definition) is 0. The topological polar surface area (TPSA) is 65.5 Å². The number of aromatic nitrogens is 7. The molecule has 0 fully saturated rings. The van der Waals surface area contributed by atoms with E-state index >= 15 is 0 Å². The van der Waals surface area contributed by atoms with Crippen molar-refractivity contribution in [1.29, 1.82) is 0 Å². The molecule has 8 aromatic rings. The third-order valence-corrected chi connectivity index (χ3v) is 11.1. The first kappa shape index (κ1) is 27.8. The average Bonchev–Trinajstić information content (AvgIpc) is 3.73. The monoisotopic (exact) mass is 651 g/mol. The summed E-state index contributed by atoms with van der Waals surface area (Å²) in [5.41, 5.74) is 11.3. The van der Waals surface area contributed by atoms with Crippen LogP contribution in [0.4, 0.5) is 0 Å². The van der Waals surface area contributed by atoms with Crippen molar-refractivity contribution in [3.8, 4) is 45.5 Å². The van der Waals surface area contributed by atoms with E-state index in [0.717, 1.165) is 62.2 Å². The Labute approximate surface area is 288 Å². The third kappa shape index (κ3) is 3.15. The largest absolute Gasteiger partial charge is 0.456 e. The molecule has 0 amide bonds. The molecule has 0 saturated carbocycles. The number of ether oxygens (including phenoxy) is 1. The quantitative estimate of drug-likeness (QED) is 0.181. The second-order valence-electron chi connectivity index (χ2n) is 14.7. The van der Waals surface area contributed by atoms with E-state index in [-0.39, 0.29) is 5.41 Å². The first-order valence-electron chi connectivity index (χ1n) is 17.1. The van der Waals surface area contributed by atoms with Crippen LogP contribution in [0.25, 0.3) is 55.8 Å². The molecule has 3 aliphatic rings. The fourth-order valence-corrected chi connectivity index (χ4v) is 8.95. The van der Waals surface area contributed by atoms with Gasteiger partial charge in [-0.25, -0.2) is 9.97 Å². The van der Waals surface area contributed by atoms with Crippen LogP contribution in [-0.4, -0.2) is 24.2 Å². The maximum atomic E-state index is 6.89. The van der Waals surface area contributed by atoms with Crippen molar-refractivity contribution in [3.05, 3.63) is 138 Å². The summed E-state index contributed by atoms with van der Waals surface area (Å²) in [7, 11) is 0. The maximum absolute atomic E-state index is 6.89. The van der Waals surface area contributed by atoms with E-state index < -0.39 is 5.66 Å². The van der Waals surface area contributed by atoms with Crippen LogP contribution in [0.3, 0.4) is 0 Å². The Kier molecular flexibility index (Phi) is 5.05. The van der Waals surface area contributed by atoms with E-state index in [4.69, 9.17) is 14.7 Å². The molecule has 50 heavy (non-hydrogen) atoms. The van der Waals surface area contributed by atoms with Crippen molar-refractivity contribution in [2.24, 2.45) is 0 Å². The van der Waals surface area contributed by atoms with Gasteiger partial charge >= 0.3 is 5.66 Å². The van der Waals surface area contributed by atoms with Crippen molar-refractivity contribution < 1.29 is 14.0 Å². The molecule has 3 aliphatic heterocycles. The Morgan fingerprint density at radius 2 is 1.56 bits per heavy atom. The van der Waals surface area contributed by atoms with E-state index in [1.54, 1.807) is 12.4 Å². The minimum atomic E-state index is -0.779. The highest BCUT2D eigenvalue weighted by atomic mass is 16.5. The summed E-state index contributed by atoms with van der Waals surface area (Å²) in [6, 6.07) is 28.2. The van der Waals surface area contributed by atoms with E-state index in [1.165, 1.54) is 27.4 Å².